The van der Waals surface area contributed by atoms with E-state index in [0.717, 1.165) is 0 Å². The van der Waals surface area contributed by atoms with Gasteiger partial charge in [-0.2, -0.15) is 0 Å². The molecule has 4 unspecified atom stereocenters. The van der Waals surface area contributed by atoms with Crippen molar-refractivity contribution in [3.05, 3.63) is 0 Å². The lowest BCUT2D eigenvalue weighted by Crippen LogP contribution is -2.37. The predicted molar refractivity (Wildman–Crippen MR) is 51.8 cm³/mol. The highest BCUT2D eigenvalue weighted by Gasteiger charge is 2.43. The fourth-order valence-electron chi connectivity index (χ4n) is 1.50. The van der Waals surface area contributed by atoms with E-state index in [2.05, 4.69) is 0 Å². The molecule has 1 fully saturated rings. The van der Waals surface area contributed by atoms with Crippen molar-refractivity contribution in [3.8, 4) is 0 Å². The molecular formula is C10H20O4. The highest BCUT2D eigenvalue weighted by Crippen LogP contribution is 2.27. The SMILES string of the molecule is CCC1OC(OC(C)(C)C)C(O)C1O. The van der Waals surface area contributed by atoms with Crippen LogP contribution in [0.4, 0.5) is 0 Å². The summed E-state index contributed by atoms with van der Waals surface area (Å²) >= 11 is 0. The lowest BCUT2D eigenvalue weighted by Gasteiger charge is -2.26. The van der Waals surface area contributed by atoms with Crippen LogP contribution in [-0.2, 0) is 9.47 Å². The molecule has 0 aromatic rings. The Hall–Kier alpha value is -0.160. The van der Waals surface area contributed by atoms with Gasteiger partial charge in [0.25, 0.3) is 0 Å². The third kappa shape index (κ3) is 2.67. The van der Waals surface area contributed by atoms with Crippen LogP contribution in [0.25, 0.3) is 0 Å². The van der Waals surface area contributed by atoms with Gasteiger partial charge in [-0.15, -0.1) is 0 Å². The highest BCUT2D eigenvalue weighted by molar-refractivity contribution is 4.86. The summed E-state index contributed by atoms with van der Waals surface area (Å²) in [5.41, 5.74) is -0.381. The molecule has 14 heavy (non-hydrogen) atoms. The molecule has 4 heteroatoms. The van der Waals surface area contributed by atoms with Crippen molar-refractivity contribution in [3.63, 3.8) is 0 Å². The average molecular weight is 204 g/mol. The molecular weight excluding hydrogens is 184 g/mol. The zero-order valence-corrected chi connectivity index (χ0v) is 9.23. The smallest absolute Gasteiger partial charge is 0.187 e. The van der Waals surface area contributed by atoms with Crippen LogP contribution >= 0.6 is 0 Å². The lowest BCUT2D eigenvalue weighted by molar-refractivity contribution is -0.212. The predicted octanol–water partition coefficient (Wildman–Crippen LogP) is 0.658. The second-order valence-electron chi connectivity index (χ2n) is 4.66. The molecule has 0 aliphatic carbocycles. The summed E-state index contributed by atoms with van der Waals surface area (Å²) in [6.07, 6.45) is -2.15. The quantitative estimate of drug-likeness (QED) is 0.693. The largest absolute Gasteiger partial charge is 0.387 e. The molecule has 0 saturated carbocycles. The van der Waals surface area contributed by atoms with Crippen LogP contribution in [0.2, 0.25) is 0 Å². The molecule has 1 saturated heterocycles. The van der Waals surface area contributed by atoms with E-state index in [1.54, 1.807) is 0 Å². The molecule has 1 aliphatic heterocycles. The Bertz CT molecular complexity index is 187. The second-order valence-corrected chi connectivity index (χ2v) is 4.66. The van der Waals surface area contributed by atoms with E-state index < -0.39 is 18.5 Å². The summed E-state index contributed by atoms with van der Waals surface area (Å²) in [5.74, 6) is 0. The minimum absolute atomic E-state index is 0.322. The molecule has 0 amide bonds. The lowest BCUT2D eigenvalue weighted by atomic mass is 10.1. The van der Waals surface area contributed by atoms with Crippen LogP contribution in [0.15, 0.2) is 0 Å². The third-order valence-corrected chi connectivity index (χ3v) is 2.19. The van der Waals surface area contributed by atoms with Gasteiger partial charge in [0, 0.05) is 0 Å². The van der Waals surface area contributed by atoms with E-state index >= 15 is 0 Å². The van der Waals surface area contributed by atoms with E-state index in [9.17, 15) is 10.2 Å². The number of ether oxygens (including phenoxy) is 2. The summed E-state index contributed by atoms with van der Waals surface area (Å²) in [5, 5.41) is 19.2. The Kier molecular flexibility index (Phi) is 3.53. The Morgan fingerprint density at radius 3 is 2.14 bits per heavy atom. The van der Waals surface area contributed by atoms with Gasteiger partial charge in [-0.05, 0) is 27.2 Å². The van der Waals surface area contributed by atoms with Crippen LogP contribution in [0, 0.1) is 0 Å². The van der Waals surface area contributed by atoms with Gasteiger partial charge in [0.2, 0.25) is 0 Å². The molecule has 2 N–H and O–H groups in total. The average Bonchev–Trinajstić information content (AvgIpc) is 2.30. The molecule has 1 aliphatic rings. The number of hydrogen-bond acceptors (Lipinski definition) is 4. The molecule has 0 aromatic carbocycles. The molecule has 0 bridgehead atoms. The van der Waals surface area contributed by atoms with Crippen molar-refractivity contribution in [2.75, 3.05) is 0 Å². The third-order valence-electron chi connectivity index (χ3n) is 2.19. The standard InChI is InChI=1S/C10H20O4/c1-5-6-7(11)8(12)9(13-6)14-10(2,3)4/h6-9,11-12H,5H2,1-4H3. The number of hydrogen-bond donors (Lipinski definition) is 2. The molecule has 84 valence electrons. The van der Waals surface area contributed by atoms with Crippen molar-refractivity contribution in [1.29, 1.82) is 0 Å². The van der Waals surface area contributed by atoms with Gasteiger partial charge in [0.1, 0.15) is 12.2 Å². The first-order valence-corrected chi connectivity index (χ1v) is 5.04. The van der Waals surface area contributed by atoms with E-state index in [0.29, 0.717) is 6.42 Å². The Morgan fingerprint density at radius 2 is 1.79 bits per heavy atom. The Balaban J connectivity index is 2.57. The van der Waals surface area contributed by atoms with E-state index in [1.807, 2.05) is 27.7 Å². The summed E-state index contributed by atoms with van der Waals surface area (Å²) < 4.78 is 10.9. The van der Waals surface area contributed by atoms with Gasteiger partial charge < -0.3 is 19.7 Å². The zero-order chi connectivity index (χ0) is 10.9. The van der Waals surface area contributed by atoms with Crippen LogP contribution < -0.4 is 0 Å². The summed E-state index contributed by atoms with van der Waals surface area (Å²) in [6, 6.07) is 0. The monoisotopic (exact) mass is 204 g/mol. The molecule has 0 radical (unpaired) electrons. The fraction of sp³-hybridized carbons (Fsp3) is 1.00. The first-order chi connectivity index (χ1) is 6.35. The molecule has 4 nitrogen and oxygen atoms in total. The second kappa shape index (κ2) is 4.14. The van der Waals surface area contributed by atoms with Crippen molar-refractivity contribution < 1.29 is 19.7 Å². The summed E-state index contributed by atoms with van der Waals surface area (Å²) in [4.78, 5) is 0. The van der Waals surface area contributed by atoms with Gasteiger partial charge in [0.05, 0.1) is 11.7 Å². The van der Waals surface area contributed by atoms with E-state index in [-0.39, 0.29) is 11.7 Å². The van der Waals surface area contributed by atoms with Gasteiger partial charge in [0.15, 0.2) is 6.29 Å². The van der Waals surface area contributed by atoms with Crippen molar-refractivity contribution in [2.45, 2.75) is 64.3 Å². The molecule has 0 spiro atoms. The maximum atomic E-state index is 9.62. The zero-order valence-electron chi connectivity index (χ0n) is 9.23. The summed E-state index contributed by atoms with van der Waals surface area (Å²) in [6.45, 7) is 7.55. The maximum absolute atomic E-state index is 9.62. The van der Waals surface area contributed by atoms with Crippen LogP contribution in [-0.4, -0.2) is 40.4 Å². The first kappa shape index (κ1) is 11.9. The minimum Gasteiger partial charge on any atom is -0.387 e. The molecule has 1 rings (SSSR count). The van der Waals surface area contributed by atoms with E-state index in [1.165, 1.54) is 0 Å². The van der Waals surface area contributed by atoms with Crippen molar-refractivity contribution in [2.24, 2.45) is 0 Å². The molecule has 0 aromatic heterocycles. The number of rotatable bonds is 2. The first-order valence-electron chi connectivity index (χ1n) is 5.04. The van der Waals surface area contributed by atoms with E-state index in [4.69, 9.17) is 9.47 Å². The van der Waals surface area contributed by atoms with Crippen molar-refractivity contribution >= 4 is 0 Å². The van der Waals surface area contributed by atoms with Gasteiger partial charge in [-0.3, -0.25) is 0 Å². The van der Waals surface area contributed by atoms with Gasteiger partial charge in [-0.25, -0.2) is 0 Å². The Morgan fingerprint density at radius 1 is 1.21 bits per heavy atom. The Labute approximate surface area is 84.8 Å². The van der Waals surface area contributed by atoms with Crippen LogP contribution in [0.5, 0.6) is 0 Å². The van der Waals surface area contributed by atoms with Gasteiger partial charge >= 0.3 is 0 Å². The number of aliphatic hydroxyl groups is 2. The summed E-state index contributed by atoms with van der Waals surface area (Å²) in [7, 11) is 0. The fourth-order valence-corrected chi connectivity index (χ4v) is 1.50. The topological polar surface area (TPSA) is 58.9 Å². The maximum Gasteiger partial charge on any atom is 0.187 e. The van der Waals surface area contributed by atoms with Crippen LogP contribution in [0.3, 0.4) is 0 Å². The van der Waals surface area contributed by atoms with Gasteiger partial charge in [-0.1, -0.05) is 6.92 Å². The number of aliphatic hydroxyl groups excluding tert-OH is 2. The van der Waals surface area contributed by atoms with Crippen molar-refractivity contribution in [1.82, 2.24) is 0 Å². The minimum atomic E-state index is -0.945. The molecule has 4 atom stereocenters. The van der Waals surface area contributed by atoms with Crippen LogP contribution in [0.1, 0.15) is 34.1 Å². The normalized spacial score (nSPS) is 39.0. The molecule has 1 heterocycles. The highest BCUT2D eigenvalue weighted by atomic mass is 16.7.